The molecule has 0 radical (unpaired) electrons. The fraction of sp³-hybridized carbons (Fsp3) is 0.611. The number of hydrogen-bond acceptors (Lipinski definition) is 3. The van der Waals surface area contributed by atoms with Gasteiger partial charge < -0.3 is 15.1 Å². The van der Waals surface area contributed by atoms with E-state index in [1.165, 1.54) is 11.3 Å². The van der Waals surface area contributed by atoms with Crippen molar-refractivity contribution in [2.45, 2.75) is 39.7 Å². The smallest absolute Gasteiger partial charge is 0.222 e. The van der Waals surface area contributed by atoms with Crippen LogP contribution in [0.5, 0.6) is 0 Å². The van der Waals surface area contributed by atoms with Gasteiger partial charge in [0.1, 0.15) is 0 Å². The van der Waals surface area contributed by atoms with Crippen molar-refractivity contribution < 1.29 is 4.79 Å². The number of nitrogens with one attached hydrogen (secondary N) is 1. The summed E-state index contributed by atoms with van der Waals surface area (Å²) in [6.07, 6.45) is 2.81. The molecule has 2 rings (SSSR count). The van der Waals surface area contributed by atoms with Crippen LogP contribution < -0.4 is 10.2 Å². The molecule has 1 aromatic rings. The van der Waals surface area contributed by atoms with E-state index in [1.54, 1.807) is 0 Å². The Bertz CT molecular complexity index is 454. The van der Waals surface area contributed by atoms with Gasteiger partial charge >= 0.3 is 0 Å². The third kappa shape index (κ3) is 4.73. The van der Waals surface area contributed by atoms with Crippen molar-refractivity contribution in [3.05, 3.63) is 29.8 Å². The lowest BCUT2D eigenvalue weighted by molar-refractivity contribution is -0.127. The first-order valence-corrected chi connectivity index (χ1v) is 8.57. The summed E-state index contributed by atoms with van der Waals surface area (Å²) in [5, 5.41) is 3.47. The number of nitrogens with zero attached hydrogens (tertiary/aromatic N) is 2. The Kier molecular flexibility index (Phi) is 6.72. The molecule has 0 saturated carbocycles. The van der Waals surface area contributed by atoms with Gasteiger partial charge in [-0.05, 0) is 50.9 Å². The van der Waals surface area contributed by atoms with Crippen LogP contribution in [0.3, 0.4) is 0 Å². The number of rotatable bonds is 9. The minimum Gasteiger partial charge on any atom is -0.372 e. The highest BCUT2D eigenvalue weighted by Gasteiger charge is 2.18. The second kappa shape index (κ2) is 8.79. The van der Waals surface area contributed by atoms with Crippen molar-refractivity contribution in [1.82, 2.24) is 10.2 Å². The van der Waals surface area contributed by atoms with Crippen molar-refractivity contribution in [2.24, 2.45) is 0 Å². The van der Waals surface area contributed by atoms with Gasteiger partial charge in [0.2, 0.25) is 5.91 Å². The van der Waals surface area contributed by atoms with Gasteiger partial charge in [-0.1, -0.05) is 12.1 Å². The van der Waals surface area contributed by atoms with Gasteiger partial charge in [0.05, 0.1) is 0 Å². The average molecular weight is 303 g/mol. The average Bonchev–Trinajstić information content (AvgIpc) is 2.95. The molecular formula is C18H29N3O. The van der Waals surface area contributed by atoms with Gasteiger partial charge in [-0.25, -0.2) is 0 Å². The van der Waals surface area contributed by atoms with Crippen LogP contribution in [-0.4, -0.2) is 43.5 Å². The third-order valence-corrected chi connectivity index (χ3v) is 4.35. The number of amides is 1. The second-order valence-electron chi connectivity index (χ2n) is 5.85. The van der Waals surface area contributed by atoms with Crippen LogP contribution in [0, 0.1) is 0 Å². The highest BCUT2D eigenvalue weighted by molar-refractivity contribution is 5.77. The molecule has 0 spiro atoms. The zero-order chi connectivity index (χ0) is 15.8. The lowest BCUT2D eigenvalue weighted by Gasteiger charge is -2.21. The molecule has 0 aromatic heterocycles. The first-order chi connectivity index (χ1) is 10.7. The zero-order valence-corrected chi connectivity index (χ0v) is 14.0. The molecule has 1 aromatic carbocycles. The summed E-state index contributed by atoms with van der Waals surface area (Å²) in [5.41, 5.74) is 2.61. The standard InChI is InChI=1S/C18H29N3O/c1-3-20(4-2)17-10-8-16(9-11-17)15-19-12-6-14-21-13-5-7-18(21)22/h8-11,19H,3-7,12-15H2,1-2H3. The minimum atomic E-state index is 0.326. The highest BCUT2D eigenvalue weighted by atomic mass is 16.2. The molecule has 1 amide bonds. The molecule has 0 atom stereocenters. The number of anilines is 1. The summed E-state index contributed by atoms with van der Waals surface area (Å²) < 4.78 is 0. The van der Waals surface area contributed by atoms with Crippen LogP contribution in [0.2, 0.25) is 0 Å². The highest BCUT2D eigenvalue weighted by Crippen LogP contribution is 2.14. The molecule has 1 saturated heterocycles. The molecule has 0 aliphatic carbocycles. The maximum atomic E-state index is 11.5. The van der Waals surface area contributed by atoms with Gasteiger partial charge in [-0.3, -0.25) is 4.79 Å². The van der Waals surface area contributed by atoms with E-state index in [4.69, 9.17) is 0 Å². The van der Waals surface area contributed by atoms with Crippen LogP contribution in [0.25, 0.3) is 0 Å². The van der Waals surface area contributed by atoms with Gasteiger partial charge in [0.25, 0.3) is 0 Å². The quantitative estimate of drug-likeness (QED) is 0.712. The van der Waals surface area contributed by atoms with Crippen molar-refractivity contribution >= 4 is 11.6 Å². The van der Waals surface area contributed by atoms with Crippen molar-refractivity contribution in [2.75, 3.05) is 37.6 Å². The molecule has 0 bridgehead atoms. The van der Waals surface area contributed by atoms with Crippen molar-refractivity contribution in [1.29, 1.82) is 0 Å². The molecule has 4 nitrogen and oxygen atoms in total. The van der Waals surface area contributed by atoms with E-state index in [1.807, 2.05) is 4.90 Å². The topological polar surface area (TPSA) is 35.6 Å². The van der Waals surface area contributed by atoms with Crippen LogP contribution in [0.15, 0.2) is 24.3 Å². The molecule has 1 N–H and O–H groups in total. The molecule has 0 unspecified atom stereocenters. The Hall–Kier alpha value is -1.55. The SMILES string of the molecule is CCN(CC)c1ccc(CNCCCN2CCCC2=O)cc1. The molecule has 122 valence electrons. The summed E-state index contributed by atoms with van der Waals surface area (Å²) in [6, 6.07) is 8.80. The Morgan fingerprint density at radius 2 is 1.91 bits per heavy atom. The number of hydrogen-bond donors (Lipinski definition) is 1. The maximum absolute atomic E-state index is 11.5. The zero-order valence-electron chi connectivity index (χ0n) is 14.0. The minimum absolute atomic E-state index is 0.326. The van der Waals surface area contributed by atoms with E-state index in [0.29, 0.717) is 5.91 Å². The molecule has 1 aliphatic heterocycles. The third-order valence-electron chi connectivity index (χ3n) is 4.35. The Morgan fingerprint density at radius 1 is 1.18 bits per heavy atom. The maximum Gasteiger partial charge on any atom is 0.222 e. The molecule has 1 heterocycles. The summed E-state index contributed by atoms with van der Waals surface area (Å²) in [5.74, 6) is 0.326. The van der Waals surface area contributed by atoms with Gasteiger partial charge in [-0.15, -0.1) is 0 Å². The van der Waals surface area contributed by atoms with Gasteiger partial charge in [0, 0.05) is 44.8 Å². The Balaban J connectivity index is 1.65. The summed E-state index contributed by atoms with van der Waals surface area (Å²) in [4.78, 5) is 15.8. The summed E-state index contributed by atoms with van der Waals surface area (Å²) in [6.45, 7) is 10.2. The molecule has 1 aliphatic rings. The largest absolute Gasteiger partial charge is 0.372 e. The fourth-order valence-corrected chi connectivity index (χ4v) is 2.98. The van der Waals surface area contributed by atoms with E-state index in [-0.39, 0.29) is 0 Å². The summed E-state index contributed by atoms with van der Waals surface area (Å²) in [7, 11) is 0. The lowest BCUT2D eigenvalue weighted by Crippen LogP contribution is -2.28. The molecule has 4 heteroatoms. The van der Waals surface area contributed by atoms with E-state index >= 15 is 0 Å². The normalized spacial score (nSPS) is 14.6. The Morgan fingerprint density at radius 3 is 2.50 bits per heavy atom. The first-order valence-electron chi connectivity index (χ1n) is 8.57. The predicted octanol–water partition coefficient (Wildman–Crippen LogP) is 2.63. The van der Waals surface area contributed by atoms with Crippen LogP contribution in [0.1, 0.15) is 38.7 Å². The van der Waals surface area contributed by atoms with Crippen molar-refractivity contribution in [3.63, 3.8) is 0 Å². The van der Waals surface area contributed by atoms with Crippen molar-refractivity contribution in [3.8, 4) is 0 Å². The number of benzene rings is 1. The lowest BCUT2D eigenvalue weighted by atomic mass is 10.2. The monoisotopic (exact) mass is 303 g/mol. The van der Waals surface area contributed by atoms with E-state index in [0.717, 1.165) is 58.5 Å². The van der Waals surface area contributed by atoms with Crippen LogP contribution in [0.4, 0.5) is 5.69 Å². The van der Waals surface area contributed by atoms with E-state index < -0.39 is 0 Å². The number of likely N-dealkylation sites (tertiary alicyclic amines) is 1. The predicted molar refractivity (Wildman–Crippen MR) is 92.1 cm³/mol. The second-order valence-corrected chi connectivity index (χ2v) is 5.85. The van der Waals surface area contributed by atoms with Crippen LogP contribution in [-0.2, 0) is 11.3 Å². The fourth-order valence-electron chi connectivity index (χ4n) is 2.98. The van der Waals surface area contributed by atoms with Gasteiger partial charge in [0.15, 0.2) is 0 Å². The van der Waals surface area contributed by atoms with Gasteiger partial charge in [-0.2, -0.15) is 0 Å². The van der Waals surface area contributed by atoms with E-state index in [9.17, 15) is 4.79 Å². The first kappa shape index (κ1) is 16.8. The molecule has 1 fully saturated rings. The van der Waals surface area contributed by atoms with E-state index in [2.05, 4.69) is 48.3 Å². The summed E-state index contributed by atoms with van der Waals surface area (Å²) >= 11 is 0. The molecular weight excluding hydrogens is 274 g/mol. The Labute approximate surface area is 134 Å². The number of carbonyl (C=O) groups is 1. The number of carbonyl (C=O) groups excluding carboxylic acids is 1. The van der Waals surface area contributed by atoms with Crippen LogP contribution >= 0.6 is 0 Å². The molecule has 22 heavy (non-hydrogen) atoms.